The predicted octanol–water partition coefficient (Wildman–Crippen LogP) is 3.08. The van der Waals surface area contributed by atoms with E-state index in [0.29, 0.717) is 19.5 Å². The highest BCUT2D eigenvalue weighted by Gasteiger charge is 2.48. The fourth-order valence-electron chi connectivity index (χ4n) is 3.49. The Bertz CT molecular complexity index is 868. The van der Waals surface area contributed by atoms with Crippen LogP contribution >= 0.6 is 11.3 Å². The van der Waals surface area contributed by atoms with Crippen molar-refractivity contribution in [3.63, 3.8) is 0 Å². The van der Waals surface area contributed by atoms with Crippen LogP contribution in [0, 0.1) is 5.82 Å². The lowest BCUT2D eigenvalue weighted by Crippen LogP contribution is -2.64. The summed E-state index contributed by atoms with van der Waals surface area (Å²) in [5, 5.41) is 18.6. The monoisotopic (exact) mass is 417 g/mol. The van der Waals surface area contributed by atoms with E-state index in [-0.39, 0.29) is 11.6 Å². The topological polar surface area (TPSA) is 81.7 Å². The molecule has 1 aromatic heterocycles. The number of piperidine rings is 1. The highest BCUT2D eigenvalue weighted by atomic mass is 32.1. The van der Waals surface area contributed by atoms with Crippen LogP contribution < -0.4 is 10.6 Å². The molecule has 6 nitrogen and oxygen atoms in total. The maximum absolute atomic E-state index is 13.2. The Labute approximate surface area is 173 Å². The number of halogens is 1. The zero-order valence-electron chi connectivity index (χ0n) is 16.1. The van der Waals surface area contributed by atoms with Gasteiger partial charge in [-0.25, -0.2) is 9.18 Å². The molecule has 3 rings (SSSR count). The van der Waals surface area contributed by atoms with Gasteiger partial charge in [0.05, 0.1) is 17.7 Å². The quantitative estimate of drug-likeness (QED) is 0.654. The van der Waals surface area contributed by atoms with E-state index in [2.05, 4.69) is 17.2 Å². The van der Waals surface area contributed by atoms with Gasteiger partial charge in [0, 0.05) is 23.5 Å². The van der Waals surface area contributed by atoms with Crippen LogP contribution in [0.3, 0.4) is 0 Å². The smallest absolute Gasteiger partial charge is 0.318 e. The third-order valence-corrected chi connectivity index (χ3v) is 6.01. The number of nitrogens with one attached hydrogen (secondary N) is 2. The summed E-state index contributed by atoms with van der Waals surface area (Å²) in [5.41, 5.74) is -0.958. The summed E-state index contributed by atoms with van der Waals surface area (Å²) in [6.07, 6.45) is 1.89. The summed E-state index contributed by atoms with van der Waals surface area (Å²) in [6.45, 7) is 5.91. The van der Waals surface area contributed by atoms with Crippen molar-refractivity contribution in [2.45, 2.75) is 31.0 Å². The number of thiophene rings is 1. The predicted molar refractivity (Wildman–Crippen MR) is 110 cm³/mol. The molecular formula is C21H24FN3O3S. The standard InChI is InChI=1S/C21H24FN3O3S/c1-3-11-23-20(27)25-12-10-21(2,28)18(17(25)16-5-4-13-29-16)24-19(26)14-6-8-15(22)9-7-14/h3-9,13,17-18,28H,1,10-12H2,2H3,(H,23,27)(H,24,26)/t17-,18-,21+/m0/s1. The van der Waals surface area contributed by atoms with Crippen molar-refractivity contribution >= 4 is 23.3 Å². The number of hydrogen-bond donors (Lipinski definition) is 3. The lowest BCUT2D eigenvalue weighted by molar-refractivity contribution is -0.0502. The van der Waals surface area contributed by atoms with E-state index in [1.165, 1.54) is 35.6 Å². The van der Waals surface area contributed by atoms with E-state index in [0.717, 1.165) is 4.88 Å². The molecule has 29 heavy (non-hydrogen) atoms. The first-order valence-corrected chi connectivity index (χ1v) is 10.2. The van der Waals surface area contributed by atoms with Gasteiger partial charge in [-0.05, 0) is 49.1 Å². The Kier molecular flexibility index (Phi) is 6.34. The zero-order valence-corrected chi connectivity index (χ0v) is 16.9. The number of carbonyl (C=O) groups excluding carboxylic acids is 2. The fraction of sp³-hybridized carbons (Fsp3) is 0.333. The fourth-order valence-corrected chi connectivity index (χ4v) is 4.36. The number of nitrogens with zero attached hydrogens (tertiary/aromatic N) is 1. The molecule has 2 heterocycles. The number of aliphatic hydroxyl groups is 1. The van der Waals surface area contributed by atoms with Gasteiger partial charge >= 0.3 is 6.03 Å². The minimum Gasteiger partial charge on any atom is -0.388 e. The Morgan fingerprint density at radius 2 is 2.10 bits per heavy atom. The van der Waals surface area contributed by atoms with Crippen molar-refractivity contribution in [3.05, 3.63) is 70.7 Å². The molecule has 0 bridgehead atoms. The second-order valence-corrected chi connectivity index (χ2v) is 8.17. The molecule has 3 atom stereocenters. The van der Waals surface area contributed by atoms with Gasteiger partial charge in [0.2, 0.25) is 0 Å². The van der Waals surface area contributed by atoms with Gasteiger partial charge in [0.15, 0.2) is 0 Å². The molecule has 2 aromatic rings. The number of rotatable bonds is 5. The first-order valence-electron chi connectivity index (χ1n) is 9.31. The largest absolute Gasteiger partial charge is 0.388 e. The van der Waals surface area contributed by atoms with Crippen molar-refractivity contribution in [2.24, 2.45) is 0 Å². The summed E-state index contributed by atoms with van der Waals surface area (Å²) < 4.78 is 13.2. The lowest BCUT2D eigenvalue weighted by Gasteiger charge is -2.48. The van der Waals surface area contributed by atoms with Crippen LogP contribution in [0.5, 0.6) is 0 Å². The van der Waals surface area contributed by atoms with Crippen LogP contribution in [0.15, 0.2) is 54.4 Å². The van der Waals surface area contributed by atoms with Crippen LogP contribution in [0.4, 0.5) is 9.18 Å². The van der Waals surface area contributed by atoms with Crippen LogP contribution in [-0.4, -0.2) is 46.7 Å². The molecular weight excluding hydrogens is 393 g/mol. The van der Waals surface area contributed by atoms with E-state index < -0.39 is 29.4 Å². The zero-order chi connectivity index (χ0) is 21.0. The molecule has 1 aliphatic heterocycles. The van der Waals surface area contributed by atoms with E-state index in [9.17, 15) is 19.1 Å². The first-order chi connectivity index (χ1) is 13.8. The van der Waals surface area contributed by atoms with Gasteiger partial charge in [-0.3, -0.25) is 4.79 Å². The van der Waals surface area contributed by atoms with Crippen LogP contribution in [0.25, 0.3) is 0 Å². The van der Waals surface area contributed by atoms with Crippen LogP contribution in [-0.2, 0) is 0 Å². The summed E-state index contributed by atoms with van der Waals surface area (Å²) in [5.74, 6) is -0.877. The van der Waals surface area contributed by atoms with Crippen molar-refractivity contribution in [2.75, 3.05) is 13.1 Å². The number of carbonyl (C=O) groups is 2. The lowest BCUT2D eigenvalue weighted by atomic mass is 9.81. The Morgan fingerprint density at radius 1 is 1.38 bits per heavy atom. The third-order valence-electron chi connectivity index (χ3n) is 5.07. The molecule has 1 fully saturated rings. The Balaban J connectivity index is 1.93. The SMILES string of the molecule is C=CCNC(=O)N1CC[C@@](C)(O)[C@@H](NC(=O)c2ccc(F)cc2)[C@@H]1c1cccs1. The number of hydrogen-bond acceptors (Lipinski definition) is 4. The molecule has 1 aliphatic rings. The summed E-state index contributed by atoms with van der Waals surface area (Å²) in [7, 11) is 0. The average molecular weight is 418 g/mol. The highest BCUT2D eigenvalue weighted by Crippen LogP contribution is 2.39. The maximum atomic E-state index is 13.2. The Hall–Kier alpha value is -2.71. The van der Waals surface area contributed by atoms with E-state index >= 15 is 0 Å². The van der Waals surface area contributed by atoms with Gasteiger partial charge in [-0.1, -0.05) is 12.1 Å². The molecule has 0 spiro atoms. The summed E-state index contributed by atoms with van der Waals surface area (Å²) in [4.78, 5) is 28.0. The van der Waals surface area contributed by atoms with Crippen molar-refractivity contribution in [1.82, 2.24) is 15.5 Å². The third kappa shape index (κ3) is 4.65. The molecule has 0 saturated carbocycles. The number of benzene rings is 1. The highest BCUT2D eigenvalue weighted by molar-refractivity contribution is 7.10. The van der Waals surface area contributed by atoms with Gasteiger partial charge in [-0.2, -0.15) is 0 Å². The van der Waals surface area contributed by atoms with Gasteiger partial charge in [-0.15, -0.1) is 17.9 Å². The van der Waals surface area contributed by atoms with Crippen LogP contribution in [0.2, 0.25) is 0 Å². The van der Waals surface area contributed by atoms with Gasteiger partial charge < -0.3 is 20.6 Å². The second-order valence-electron chi connectivity index (χ2n) is 7.19. The average Bonchev–Trinajstić information content (AvgIpc) is 3.22. The molecule has 154 valence electrons. The van der Waals surface area contributed by atoms with Crippen molar-refractivity contribution < 1.29 is 19.1 Å². The minimum absolute atomic E-state index is 0.278. The molecule has 1 saturated heterocycles. The Morgan fingerprint density at radius 3 is 2.72 bits per heavy atom. The van der Waals surface area contributed by atoms with Gasteiger partial charge in [0.25, 0.3) is 5.91 Å². The van der Waals surface area contributed by atoms with Gasteiger partial charge in [0.1, 0.15) is 5.82 Å². The molecule has 8 heteroatoms. The maximum Gasteiger partial charge on any atom is 0.318 e. The van der Waals surface area contributed by atoms with Crippen molar-refractivity contribution in [1.29, 1.82) is 0 Å². The molecule has 0 radical (unpaired) electrons. The number of urea groups is 1. The van der Waals surface area contributed by atoms with E-state index in [4.69, 9.17) is 0 Å². The normalized spacial score (nSPS) is 24.0. The molecule has 0 unspecified atom stereocenters. The summed E-state index contributed by atoms with van der Waals surface area (Å²) in [6, 6.07) is 7.34. The number of amides is 3. The molecule has 3 N–H and O–H groups in total. The molecule has 3 amide bonds. The molecule has 1 aromatic carbocycles. The van der Waals surface area contributed by atoms with E-state index in [1.807, 2.05) is 17.5 Å². The van der Waals surface area contributed by atoms with E-state index in [1.54, 1.807) is 17.9 Å². The summed E-state index contributed by atoms with van der Waals surface area (Å²) >= 11 is 1.45. The number of likely N-dealkylation sites (tertiary alicyclic amines) is 1. The van der Waals surface area contributed by atoms with Crippen molar-refractivity contribution in [3.8, 4) is 0 Å². The molecule has 0 aliphatic carbocycles. The first kappa shape index (κ1) is 21.0. The minimum atomic E-state index is -1.24. The second kappa shape index (κ2) is 8.75. The van der Waals surface area contributed by atoms with Crippen LogP contribution in [0.1, 0.15) is 34.6 Å².